The van der Waals surface area contributed by atoms with Gasteiger partial charge in [-0.2, -0.15) is 0 Å². The van der Waals surface area contributed by atoms with Crippen LogP contribution in [0.15, 0.2) is 54.6 Å². The molecule has 0 aliphatic heterocycles. The van der Waals surface area contributed by atoms with Gasteiger partial charge in [-0.3, -0.25) is 9.59 Å². The van der Waals surface area contributed by atoms with Crippen LogP contribution < -0.4 is 4.74 Å². The van der Waals surface area contributed by atoms with Gasteiger partial charge in [0.15, 0.2) is 0 Å². The Morgan fingerprint density at radius 2 is 1.37 bits per heavy atom. The highest BCUT2D eigenvalue weighted by Crippen LogP contribution is 2.22. The molecular formula is C26H34O4. The third-order valence-electron chi connectivity index (χ3n) is 5.02. The first-order valence-corrected chi connectivity index (χ1v) is 11.1. The summed E-state index contributed by atoms with van der Waals surface area (Å²) in [5.74, 6) is -0.294. The van der Waals surface area contributed by atoms with Crippen LogP contribution in [0.4, 0.5) is 0 Å². The molecule has 0 saturated carbocycles. The molecule has 0 saturated heterocycles. The van der Waals surface area contributed by atoms with E-state index in [-0.39, 0.29) is 24.9 Å². The monoisotopic (exact) mass is 410 g/mol. The molecule has 2 rings (SSSR count). The Kier molecular flexibility index (Phi) is 10.7. The van der Waals surface area contributed by atoms with E-state index in [0.717, 1.165) is 24.0 Å². The van der Waals surface area contributed by atoms with E-state index in [4.69, 9.17) is 9.47 Å². The maximum absolute atomic E-state index is 12.0. The van der Waals surface area contributed by atoms with Crippen molar-refractivity contribution >= 4 is 11.9 Å². The normalized spacial score (nSPS) is 11.7. The Morgan fingerprint density at radius 3 is 2.07 bits per heavy atom. The lowest BCUT2D eigenvalue weighted by molar-refractivity contribution is -0.151. The van der Waals surface area contributed by atoms with Gasteiger partial charge in [-0.1, -0.05) is 81.5 Å². The summed E-state index contributed by atoms with van der Waals surface area (Å²) < 4.78 is 10.7. The quantitative estimate of drug-likeness (QED) is 0.209. The number of carbonyl (C=O) groups is 2. The van der Waals surface area contributed by atoms with Crippen LogP contribution in [0.5, 0.6) is 5.75 Å². The van der Waals surface area contributed by atoms with Crippen molar-refractivity contribution in [3.63, 3.8) is 0 Å². The fourth-order valence-corrected chi connectivity index (χ4v) is 3.29. The summed E-state index contributed by atoms with van der Waals surface area (Å²) in [6.07, 6.45) is 8.13. The predicted molar refractivity (Wildman–Crippen MR) is 120 cm³/mol. The molecule has 0 radical (unpaired) electrons. The van der Waals surface area contributed by atoms with Crippen molar-refractivity contribution in [3.8, 4) is 16.9 Å². The van der Waals surface area contributed by atoms with Crippen molar-refractivity contribution < 1.29 is 19.1 Å². The molecule has 0 fully saturated rings. The standard InChI is InChI=1S/C26H34O4/c1-3-4-5-6-7-9-12-21(2)29-25(27)19-20-26(28)30-24-17-15-23(16-18-24)22-13-10-8-11-14-22/h8,10-11,13-18,21H,3-7,9,12,19-20H2,1-2H3. The molecule has 1 unspecified atom stereocenters. The largest absolute Gasteiger partial charge is 0.463 e. The Bertz CT molecular complexity index is 752. The first-order chi connectivity index (χ1) is 14.6. The summed E-state index contributed by atoms with van der Waals surface area (Å²) in [6, 6.07) is 17.3. The van der Waals surface area contributed by atoms with Crippen LogP contribution >= 0.6 is 0 Å². The minimum absolute atomic E-state index is 0.0169. The lowest BCUT2D eigenvalue weighted by atomic mass is 10.1. The van der Waals surface area contributed by atoms with Crippen LogP contribution in [0.1, 0.15) is 71.6 Å². The maximum Gasteiger partial charge on any atom is 0.311 e. The molecule has 0 spiro atoms. The Hall–Kier alpha value is -2.62. The molecular weight excluding hydrogens is 376 g/mol. The predicted octanol–water partition coefficient (Wildman–Crippen LogP) is 6.72. The van der Waals surface area contributed by atoms with Gasteiger partial charge in [-0.05, 0) is 43.0 Å². The summed E-state index contributed by atoms with van der Waals surface area (Å²) in [5.41, 5.74) is 2.16. The van der Waals surface area contributed by atoms with Crippen LogP contribution in [0.3, 0.4) is 0 Å². The molecule has 4 heteroatoms. The van der Waals surface area contributed by atoms with Crippen LogP contribution in [0, 0.1) is 0 Å². The first-order valence-electron chi connectivity index (χ1n) is 11.1. The van der Waals surface area contributed by atoms with Gasteiger partial charge >= 0.3 is 11.9 Å². The summed E-state index contributed by atoms with van der Waals surface area (Å²) in [7, 11) is 0. The fraction of sp³-hybridized carbons (Fsp3) is 0.462. The second-order valence-electron chi connectivity index (χ2n) is 7.72. The van der Waals surface area contributed by atoms with Crippen LogP contribution in [0.2, 0.25) is 0 Å². The number of benzene rings is 2. The highest BCUT2D eigenvalue weighted by molar-refractivity contribution is 5.79. The van der Waals surface area contributed by atoms with Crippen LogP contribution in [-0.4, -0.2) is 18.0 Å². The molecule has 0 amide bonds. The van der Waals surface area contributed by atoms with Gasteiger partial charge in [0.05, 0.1) is 18.9 Å². The SMILES string of the molecule is CCCCCCCCC(C)OC(=O)CCC(=O)Oc1ccc(-c2ccccc2)cc1. The second kappa shape index (κ2) is 13.6. The van der Waals surface area contributed by atoms with Crippen LogP contribution in [-0.2, 0) is 14.3 Å². The highest BCUT2D eigenvalue weighted by Gasteiger charge is 2.13. The smallest absolute Gasteiger partial charge is 0.311 e. The van der Waals surface area contributed by atoms with Crippen molar-refractivity contribution in [1.29, 1.82) is 0 Å². The number of hydrogen-bond donors (Lipinski definition) is 0. The number of hydrogen-bond acceptors (Lipinski definition) is 4. The number of carbonyl (C=O) groups excluding carboxylic acids is 2. The summed E-state index contributed by atoms with van der Waals surface area (Å²) in [4.78, 5) is 24.0. The lowest BCUT2D eigenvalue weighted by Gasteiger charge is -2.13. The van der Waals surface area contributed by atoms with Gasteiger partial charge in [0.1, 0.15) is 5.75 Å². The molecule has 0 heterocycles. The van der Waals surface area contributed by atoms with Gasteiger partial charge in [0, 0.05) is 0 Å². The molecule has 162 valence electrons. The average Bonchev–Trinajstić information content (AvgIpc) is 2.76. The van der Waals surface area contributed by atoms with Crippen molar-refractivity contribution in [2.75, 3.05) is 0 Å². The minimum Gasteiger partial charge on any atom is -0.463 e. The zero-order valence-corrected chi connectivity index (χ0v) is 18.3. The molecule has 0 N–H and O–H groups in total. The Balaban J connectivity index is 1.63. The average molecular weight is 411 g/mol. The van der Waals surface area contributed by atoms with Crippen molar-refractivity contribution in [3.05, 3.63) is 54.6 Å². The maximum atomic E-state index is 12.0. The Labute approximate surface area is 180 Å². The van der Waals surface area contributed by atoms with E-state index < -0.39 is 5.97 Å². The topological polar surface area (TPSA) is 52.6 Å². The summed E-state index contributed by atoms with van der Waals surface area (Å²) >= 11 is 0. The van der Waals surface area contributed by atoms with Gasteiger partial charge in [-0.25, -0.2) is 0 Å². The molecule has 0 aromatic heterocycles. The first kappa shape index (κ1) is 23.7. The molecule has 4 nitrogen and oxygen atoms in total. The van der Waals surface area contributed by atoms with E-state index in [1.165, 1.54) is 32.1 Å². The second-order valence-corrected chi connectivity index (χ2v) is 7.72. The molecule has 1 atom stereocenters. The van der Waals surface area contributed by atoms with E-state index in [1.54, 1.807) is 12.1 Å². The zero-order chi connectivity index (χ0) is 21.6. The number of ether oxygens (including phenoxy) is 2. The van der Waals surface area contributed by atoms with Gasteiger partial charge < -0.3 is 9.47 Å². The zero-order valence-electron chi connectivity index (χ0n) is 18.3. The molecule has 30 heavy (non-hydrogen) atoms. The summed E-state index contributed by atoms with van der Waals surface area (Å²) in [5, 5.41) is 0. The fourth-order valence-electron chi connectivity index (χ4n) is 3.29. The molecule has 0 aliphatic rings. The Morgan fingerprint density at radius 1 is 0.767 bits per heavy atom. The third-order valence-corrected chi connectivity index (χ3v) is 5.02. The van der Waals surface area contributed by atoms with E-state index in [0.29, 0.717) is 5.75 Å². The lowest BCUT2D eigenvalue weighted by Crippen LogP contribution is -2.17. The van der Waals surface area contributed by atoms with Crippen LogP contribution in [0.25, 0.3) is 11.1 Å². The van der Waals surface area contributed by atoms with Gasteiger partial charge in [-0.15, -0.1) is 0 Å². The van der Waals surface area contributed by atoms with Crippen molar-refractivity contribution in [1.82, 2.24) is 0 Å². The molecule has 2 aromatic carbocycles. The van der Waals surface area contributed by atoms with Crippen molar-refractivity contribution in [2.24, 2.45) is 0 Å². The summed E-state index contributed by atoms with van der Waals surface area (Å²) in [6.45, 7) is 4.12. The minimum atomic E-state index is -0.428. The van der Waals surface area contributed by atoms with Gasteiger partial charge in [0.2, 0.25) is 0 Å². The molecule has 2 aromatic rings. The van der Waals surface area contributed by atoms with E-state index in [2.05, 4.69) is 6.92 Å². The molecule has 0 bridgehead atoms. The molecule has 0 aliphatic carbocycles. The van der Waals surface area contributed by atoms with E-state index >= 15 is 0 Å². The number of esters is 2. The van der Waals surface area contributed by atoms with Crippen molar-refractivity contribution in [2.45, 2.75) is 77.7 Å². The van der Waals surface area contributed by atoms with E-state index in [9.17, 15) is 9.59 Å². The number of unbranched alkanes of at least 4 members (excludes halogenated alkanes) is 5. The van der Waals surface area contributed by atoms with Gasteiger partial charge in [0.25, 0.3) is 0 Å². The highest BCUT2D eigenvalue weighted by atomic mass is 16.5. The third kappa shape index (κ3) is 9.25. The number of rotatable bonds is 13. The van der Waals surface area contributed by atoms with E-state index in [1.807, 2.05) is 49.4 Å².